The Bertz CT molecular complexity index is 366. The lowest BCUT2D eigenvalue weighted by Gasteiger charge is -2.08. The molecule has 4 nitrogen and oxygen atoms in total. The standard InChI is InChI=1S/C16H26N2O2/c1-14(2)8-10-20-11-9-17-13-16(19)18-12-15-6-4-3-5-7-15/h3-7,14,17H,8-13H2,1-2H3,(H,18,19). The van der Waals surface area contributed by atoms with Crippen LogP contribution in [0.4, 0.5) is 0 Å². The molecule has 4 heteroatoms. The van der Waals surface area contributed by atoms with Crippen molar-refractivity contribution >= 4 is 5.91 Å². The van der Waals surface area contributed by atoms with Gasteiger partial charge < -0.3 is 15.4 Å². The van der Waals surface area contributed by atoms with Crippen molar-refractivity contribution in [3.8, 4) is 0 Å². The molecule has 1 aromatic carbocycles. The van der Waals surface area contributed by atoms with Gasteiger partial charge in [-0.25, -0.2) is 0 Å². The van der Waals surface area contributed by atoms with Gasteiger partial charge in [0.2, 0.25) is 5.91 Å². The van der Waals surface area contributed by atoms with Crippen molar-refractivity contribution in [3.63, 3.8) is 0 Å². The molecule has 20 heavy (non-hydrogen) atoms. The van der Waals surface area contributed by atoms with Gasteiger partial charge in [0.25, 0.3) is 0 Å². The maximum Gasteiger partial charge on any atom is 0.234 e. The van der Waals surface area contributed by atoms with Gasteiger partial charge in [-0.2, -0.15) is 0 Å². The minimum absolute atomic E-state index is 0.0102. The van der Waals surface area contributed by atoms with Gasteiger partial charge in [0.15, 0.2) is 0 Å². The number of carbonyl (C=O) groups is 1. The summed E-state index contributed by atoms with van der Waals surface area (Å²) in [5.74, 6) is 0.683. The summed E-state index contributed by atoms with van der Waals surface area (Å²) in [6, 6.07) is 9.89. The van der Waals surface area contributed by atoms with Crippen molar-refractivity contribution in [1.82, 2.24) is 10.6 Å². The molecular weight excluding hydrogens is 252 g/mol. The zero-order valence-electron chi connectivity index (χ0n) is 12.5. The van der Waals surface area contributed by atoms with Crippen LogP contribution in [0.5, 0.6) is 0 Å². The Balaban J connectivity index is 1.95. The van der Waals surface area contributed by atoms with Crippen LogP contribution in [0.1, 0.15) is 25.8 Å². The smallest absolute Gasteiger partial charge is 0.234 e. The summed E-state index contributed by atoms with van der Waals surface area (Å²) in [6.45, 7) is 7.42. The summed E-state index contributed by atoms with van der Waals surface area (Å²) in [6.07, 6.45) is 1.08. The van der Waals surface area contributed by atoms with Crippen molar-refractivity contribution < 1.29 is 9.53 Å². The highest BCUT2D eigenvalue weighted by Crippen LogP contribution is 1.98. The number of benzene rings is 1. The van der Waals surface area contributed by atoms with Gasteiger partial charge in [0.1, 0.15) is 0 Å². The largest absolute Gasteiger partial charge is 0.380 e. The molecule has 1 amide bonds. The fourth-order valence-corrected chi connectivity index (χ4v) is 1.63. The maximum absolute atomic E-state index is 11.6. The second-order valence-electron chi connectivity index (χ2n) is 5.23. The molecule has 0 spiro atoms. The molecule has 1 rings (SSSR count). The summed E-state index contributed by atoms with van der Waals surface area (Å²) in [7, 11) is 0. The van der Waals surface area contributed by atoms with Crippen LogP contribution in [0.3, 0.4) is 0 Å². The van der Waals surface area contributed by atoms with Crippen molar-refractivity contribution in [2.75, 3.05) is 26.3 Å². The third kappa shape index (κ3) is 8.67. The second kappa shape index (κ2) is 10.4. The zero-order valence-corrected chi connectivity index (χ0v) is 12.5. The lowest BCUT2D eigenvalue weighted by Crippen LogP contribution is -2.34. The van der Waals surface area contributed by atoms with E-state index in [-0.39, 0.29) is 5.91 Å². The van der Waals surface area contributed by atoms with Gasteiger partial charge in [-0.15, -0.1) is 0 Å². The average Bonchev–Trinajstić information content (AvgIpc) is 2.45. The first-order valence-electron chi connectivity index (χ1n) is 7.27. The number of carbonyl (C=O) groups excluding carboxylic acids is 1. The predicted molar refractivity (Wildman–Crippen MR) is 81.4 cm³/mol. The van der Waals surface area contributed by atoms with Gasteiger partial charge in [0.05, 0.1) is 13.2 Å². The van der Waals surface area contributed by atoms with Gasteiger partial charge in [-0.1, -0.05) is 44.2 Å². The predicted octanol–water partition coefficient (Wildman–Crippen LogP) is 1.96. The van der Waals surface area contributed by atoms with Crippen LogP contribution < -0.4 is 10.6 Å². The molecule has 0 aromatic heterocycles. The fraction of sp³-hybridized carbons (Fsp3) is 0.562. The maximum atomic E-state index is 11.6. The molecule has 112 valence electrons. The number of nitrogens with one attached hydrogen (secondary N) is 2. The van der Waals surface area contributed by atoms with Gasteiger partial charge >= 0.3 is 0 Å². The molecule has 1 aromatic rings. The highest BCUT2D eigenvalue weighted by atomic mass is 16.5. The van der Waals surface area contributed by atoms with E-state index in [1.54, 1.807) is 0 Å². The fourth-order valence-electron chi connectivity index (χ4n) is 1.63. The average molecular weight is 278 g/mol. The lowest BCUT2D eigenvalue weighted by molar-refractivity contribution is -0.120. The Morgan fingerprint density at radius 3 is 2.65 bits per heavy atom. The highest BCUT2D eigenvalue weighted by Gasteiger charge is 2.00. The Kier molecular flexibility index (Phi) is 8.67. The Morgan fingerprint density at radius 2 is 1.95 bits per heavy atom. The van der Waals surface area contributed by atoms with Crippen molar-refractivity contribution in [2.45, 2.75) is 26.8 Å². The Hall–Kier alpha value is -1.39. The van der Waals surface area contributed by atoms with Crippen LogP contribution in [0.15, 0.2) is 30.3 Å². The van der Waals surface area contributed by atoms with E-state index >= 15 is 0 Å². The number of rotatable bonds is 10. The van der Waals surface area contributed by atoms with Crippen LogP contribution in [0, 0.1) is 5.92 Å². The monoisotopic (exact) mass is 278 g/mol. The van der Waals surface area contributed by atoms with Crippen molar-refractivity contribution in [2.24, 2.45) is 5.92 Å². The molecule has 0 aliphatic heterocycles. The summed E-state index contributed by atoms with van der Waals surface area (Å²) >= 11 is 0. The molecule has 0 saturated heterocycles. The van der Waals surface area contributed by atoms with E-state index in [4.69, 9.17) is 4.74 Å². The number of hydrogen-bond acceptors (Lipinski definition) is 3. The Labute approximate surface area is 121 Å². The molecule has 0 fully saturated rings. The molecule has 0 saturated carbocycles. The summed E-state index contributed by atoms with van der Waals surface area (Å²) in [5.41, 5.74) is 1.11. The minimum Gasteiger partial charge on any atom is -0.380 e. The minimum atomic E-state index is 0.0102. The lowest BCUT2D eigenvalue weighted by atomic mass is 10.1. The van der Waals surface area contributed by atoms with Gasteiger partial charge in [0, 0.05) is 19.7 Å². The number of ether oxygens (including phenoxy) is 1. The van der Waals surface area contributed by atoms with Crippen LogP contribution in [-0.4, -0.2) is 32.2 Å². The third-order valence-corrected chi connectivity index (χ3v) is 2.88. The second-order valence-corrected chi connectivity index (χ2v) is 5.23. The zero-order chi connectivity index (χ0) is 14.6. The van der Waals surface area contributed by atoms with E-state index in [9.17, 15) is 4.79 Å². The van der Waals surface area contributed by atoms with E-state index in [2.05, 4.69) is 24.5 Å². The van der Waals surface area contributed by atoms with Crippen LogP contribution in [-0.2, 0) is 16.1 Å². The summed E-state index contributed by atoms with van der Waals surface area (Å²) < 4.78 is 5.46. The van der Waals surface area contributed by atoms with E-state index in [0.29, 0.717) is 32.2 Å². The van der Waals surface area contributed by atoms with Crippen LogP contribution in [0.25, 0.3) is 0 Å². The highest BCUT2D eigenvalue weighted by molar-refractivity contribution is 5.77. The molecule has 0 radical (unpaired) electrons. The van der Waals surface area contributed by atoms with E-state index < -0.39 is 0 Å². The molecule has 0 heterocycles. The molecule has 2 N–H and O–H groups in total. The topological polar surface area (TPSA) is 50.4 Å². The molecule has 0 aliphatic rings. The quantitative estimate of drug-likeness (QED) is 0.643. The first-order valence-corrected chi connectivity index (χ1v) is 7.27. The molecular formula is C16H26N2O2. The normalized spacial score (nSPS) is 10.8. The Morgan fingerprint density at radius 1 is 1.20 bits per heavy atom. The molecule has 0 bridgehead atoms. The van der Waals surface area contributed by atoms with Gasteiger partial charge in [-0.05, 0) is 17.9 Å². The SMILES string of the molecule is CC(C)CCOCCNCC(=O)NCc1ccccc1. The van der Waals surface area contributed by atoms with E-state index in [0.717, 1.165) is 18.6 Å². The summed E-state index contributed by atoms with van der Waals surface area (Å²) in [4.78, 5) is 11.6. The van der Waals surface area contributed by atoms with Crippen LogP contribution >= 0.6 is 0 Å². The molecule has 0 unspecified atom stereocenters. The molecule has 0 atom stereocenters. The first kappa shape index (κ1) is 16.7. The van der Waals surface area contributed by atoms with E-state index in [1.807, 2.05) is 30.3 Å². The third-order valence-electron chi connectivity index (χ3n) is 2.88. The summed E-state index contributed by atoms with van der Waals surface area (Å²) in [5, 5.41) is 5.95. The first-order chi connectivity index (χ1) is 9.68. The molecule has 0 aliphatic carbocycles. The number of amides is 1. The number of hydrogen-bond donors (Lipinski definition) is 2. The van der Waals surface area contributed by atoms with Crippen LogP contribution in [0.2, 0.25) is 0 Å². The van der Waals surface area contributed by atoms with Gasteiger partial charge in [-0.3, -0.25) is 4.79 Å². The van der Waals surface area contributed by atoms with Crippen molar-refractivity contribution in [1.29, 1.82) is 0 Å². The van der Waals surface area contributed by atoms with Crippen molar-refractivity contribution in [3.05, 3.63) is 35.9 Å². The van der Waals surface area contributed by atoms with E-state index in [1.165, 1.54) is 0 Å².